The van der Waals surface area contributed by atoms with Crippen LogP contribution in [0.5, 0.6) is 0 Å². The van der Waals surface area contributed by atoms with Gasteiger partial charge >= 0.3 is 0 Å². The van der Waals surface area contributed by atoms with E-state index >= 15 is 0 Å². The summed E-state index contributed by atoms with van der Waals surface area (Å²) in [5, 5.41) is 7.20. The molecule has 274 valence electrons. The van der Waals surface area contributed by atoms with Gasteiger partial charge in [0.05, 0.1) is 74.4 Å². The van der Waals surface area contributed by atoms with Gasteiger partial charge in [0.2, 0.25) is 0 Å². The molecule has 4 aromatic rings. The molecule has 5 aliphatic heterocycles. The van der Waals surface area contributed by atoms with Gasteiger partial charge in [0, 0.05) is 62.4 Å². The zero-order chi connectivity index (χ0) is 38.8. The highest BCUT2D eigenvalue weighted by atomic mass is 35.5. The van der Waals surface area contributed by atoms with Gasteiger partial charge in [0.15, 0.2) is 0 Å². The van der Waals surface area contributed by atoms with E-state index in [-0.39, 0.29) is 0 Å². The highest BCUT2D eigenvalue weighted by Gasteiger charge is 2.32. The van der Waals surface area contributed by atoms with Crippen LogP contribution < -0.4 is 5.32 Å². The molecule has 56 heavy (non-hydrogen) atoms. The summed E-state index contributed by atoms with van der Waals surface area (Å²) in [4.78, 5) is 15.7. The molecule has 4 aromatic carbocycles. The summed E-state index contributed by atoms with van der Waals surface area (Å²) in [6, 6.07) is 21.5. The Hall–Kier alpha value is -4.07. The minimum absolute atomic E-state index is 0.427. The van der Waals surface area contributed by atoms with E-state index in [1.165, 1.54) is 0 Å². The third-order valence-corrected chi connectivity index (χ3v) is 12.2. The second-order valence-electron chi connectivity index (χ2n) is 13.0. The average Bonchev–Trinajstić information content (AvgIpc) is 4.00. The van der Waals surface area contributed by atoms with E-state index in [4.69, 9.17) is 108 Å². The van der Waals surface area contributed by atoms with Crippen molar-refractivity contribution >= 4 is 132 Å². The summed E-state index contributed by atoms with van der Waals surface area (Å²) in [6.07, 6.45) is 14.0. The molecule has 5 aliphatic rings. The van der Waals surface area contributed by atoms with Crippen molar-refractivity contribution in [2.75, 3.05) is 0 Å². The van der Waals surface area contributed by atoms with Crippen molar-refractivity contribution in [1.29, 1.82) is 0 Å². The standard InChI is InChI=1S/C44H22Cl8N4/c45-21-5-1-6-22(46)37(21)41-29-13-15-31(53-29)42(38-23(47)7-2-8-24(38)48)33-17-19-35(55-33)44(40-27(51)11-4-12-28(40)52)36-20-18-34(56-36)43(32-16-14-30(41)54-32)39-25(49)9-3-10-26(39)50/h1-19,56H,20H2. The Balaban J connectivity index is 1.41. The minimum Gasteiger partial charge on any atom is -0.358 e. The van der Waals surface area contributed by atoms with Gasteiger partial charge in [0.25, 0.3) is 0 Å². The minimum atomic E-state index is 0.427. The molecule has 0 radical (unpaired) electrons. The highest BCUT2D eigenvalue weighted by molar-refractivity contribution is 6.47. The first kappa shape index (κ1) is 37.5. The van der Waals surface area contributed by atoms with E-state index in [2.05, 4.69) is 11.4 Å². The number of fused-ring (bicyclic) bond motifs is 5. The molecule has 12 heteroatoms. The number of allylic oxidation sites excluding steroid dienone is 11. The zero-order valence-electron chi connectivity index (χ0n) is 28.5. The number of rotatable bonds is 4. The van der Waals surface area contributed by atoms with Crippen molar-refractivity contribution in [3.63, 3.8) is 0 Å². The zero-order valence-corrected chi connectivity index (χ0v) is 34.6. The maximum absolute atomic E-state index is 6.96. The Labute approximate surface area is 362 Å². The molecule has 9 rings (SSSR count). The number of benzene rings is 4. The molecule has 0 saturated heterocycles. The van der Waals surface area contributed by atoms with Crippen molar-refractivity contribution in [1.82, 2.24) is 5.32 Å². The molecule has 0 aromatic heterocycles. The average molecular weight is 890 g/mol. The quantitative estimate of drug-likeness (QED) is 0.218. The number of hydrogen-bond acceptors (Lipinski definition) is 4. The molecule has 5 heterocycles. The monoisotopic (exact) mass is 886 g/mol. The number of aliphatic imine (C=N–C) groups is 3. The Morgan fingerprint density at radius 1 is 0.375 bits per heavy atom. The normalized spacial score (nSPS) is 17.3. The second-order valence-corrected chi connectivity index (χ2v) is 16.2. The molecule has 0 saturated carbocycles. The van der Waals surface area contributed by atoms with Crippen LogP contribution >= 0.6 is 92.8 Å². The van der Waals surface area contributed by atoms with Crippen LogP contribution in [0.1, 0.15) is 28.7 Å². The fourth-order valence-electron chi connectivity index (χ4n) is 7.28. The molecular weight excluding hydrogens is 868 g/mol. The Bertz CT molecular complexity index is 2750. The molecule has 8 bridgehead atoms. The molecule has 0 unspecified atom stereocenters. The predicted octanol–water partition coefficient (Wildman–Crippen LogP) is 14.8. The number of halogens is 8. The molecule has 0 spiro atoms. The molecule has 0 amide bonds. The lowest BCUT2D eigenvalue weighted by molar-refractivity contribution is 1.04. The van der Waals surface area contributed by atoms with Crippen LogP contribution in [0.15, 0.2) is 159 Å². The summed E-state index contributed by atoms with van der Waals surface area (Å²) in [6.45, 7) is 0. The lowest BCUT2D eigenvalue weighted by Crippen LogP contribution is -2.14. The molecule has 1 N–H and O–H groups in total. The lowest BCUT2D eigenvalue weighted by atomic mass is 9.97. The van der Waals surface area contributed by atoms with Gasteiger partial charge in [-0.3, -0.25) is 0 Å². The van der Waals surface area contributed by atoms with Gasteiger partial charge in [0.1, 0.15) is 0 Å². The van der Waals surface area contributed by atoms with Gasteiger partial charge in [-0.2, -0.15) is 0 Å². The fourth-order valence-corrected chi connectivity index (χ4v) is 9.62. The van der Waals surface area contributed by atoms with E-state index in [0.29, 0.717) is 125 Å². The molecular formula is C44H22Cl8N4. The Morgan fingerprint density at radius 2 is 0.679 bits per heavy atom. The van der Waals surface area contributed by atoms with Crippen LogP contribution in [0.3, 0.4) is 0 Å². The van der Waals surface area contributed by atoms with Gasteiger partial charge in [-0.25, -0.2) is 15.0 Å². The SMILES string of the molecule is Clc1cccc(Cl)c1C1=C2C=CC(=N2)C(c2c(Cl)cccc2Cl)=C2C=CC(=N2)C(c2c(Cl)cccc2Cl)=C2C=CC(=N2)C(c2c(Cl)cccc2Cl)=C2CC=C1N2. The van der Waals surface area contributed by atoms with Crippen molar-refractivity contribution in [2.24, 2.45) is 15.0 Å². The van der Waals surface area contributed by atoms with Gasteiger partial charge < -0.3 is 5.32 Å². The van der Waals surface area contributed by atoms with Crippen LogP contribution in [0.25, 0.3) is 22.3 Å². The van der Waals surface area contributed by atoms with Crippen molar-refractivity contribution in [2.45, 2.75) is 6.42 Å². The van der Waals surface area contributed by atoms with Crippen LogP contribution in [-0.2, 0) is 0 Å². The summed E-state index contributed by atoms with van der Waals surface area (Å²) in [5.74, 6) is 0. The van der Waals surface area contributed by atoms with Gasteiger partial charge in [-0.1, -0.05) is 123 Å². The van der Waals surface area contributed by atoms with E-state index in [0.717, 1.165) is 11.4 Å². The molecule has 0 aliphatic carbocycles. The van der Waals surface area contributed by atoms with Gasteiger partial charge in [-0.15, -0.1) is 0 Å². The number of nitrogens with zero attached hydrogens (tertiary/aromatic N) is 3. The molecule has 4 nitrogen and oxygen atoms in total. The van der Waals surface area contributed by atoms with Crippen LogP contribution in [0.2, 0.25) is 40.2 Å². The topological polar surface area (TPSA) is 49.1 Å². The van der Waals surface area contributed by atoms with Crippen LogP contribution in [0.4, 0.5) is 0 Å². The number of nitrogens with one attached hydrogen (secondary N) is 1. The van der Waals surface area contributed by atoms with Crippen molar-refractivity contribution < 1.29 is 0 Å². The van der Waals surface area contributed by atoms with E-state index < -0.39 is 0 Å². The Kier molecular flexibility index (Phi) is 10.1. The highest BCUT2D eigenvalue weighted by Crippen LogP contribution is 2.46. The second kappa shape index (κ2) is 15.0. The molecule has 0 fully saturated rings. The first-order chi connectivity index (χ1) is 27.1. The summed E-state index contributed by atoms with van der Waals surface area (Å²) in [5.41, 5.74) is 9.93. The summed E-state index contributed by atoms with van der Waals surface area (Å²) in [7, 11) is 0. The van der Waals surface area contributed by atoms with Gasteiger partial charge in [-0.05, 0) is 85.0 Å². The first-order valence-electron chi connectivity index (χ1n) is 17.1. The Morgan fingerprint density at radius 3 is 1.05 bits per heavy atom. The van der Waals surface area contributed by atoms with Crippen LogP contribution in [-0.4, -0.2) is 17.1 Å². The lowest BCUT2D eigenvalue weighted by Gasteiger charge is -2.19. The third-order valence-electron chi connectivity index (χ3n) is 9.67. The first-order valence-corrected chi connectivity index (χ1v) is 20.1. The van der Waals surface area contributed by atoms with Crippen molar-refractivity contribution in [3.8, 4) is 0 Å². The fraction of sp³-hybridized carbons (Fsp3) is 0.0227. The van der Waals surface area contributed by atoms with E-state index in [9.17, 15) is 0 Å². The maximum Gasteiger partial charge on any atom is 0.0739 e. The maximum atomic E-state index is 6.96. The molecule has 0 atom stereocenters. The predicted molar refractivity (Wildman–Crippen MR) is 239 cm³/mol. The van der Waals surface area contributed by atoms with Crippen LogP contribution in [0, 0.1) is 0 Å². The smallest absolute Gasteiger partial charge is 0.0739 e. The van der Waals surface area contributed by atoms with Crippen molar-refractivity contribution in [3.05, 3.63) is 206 Å². The van der Waals surface area contributed by atoms with E-state index in [1.54, 1.807) is 72.8 Å². The number of hydrogen-bond donors (Lipinski definition) is 1. The summed E-state index contributed by atoms with van der Waals surface area (Å²) < 4.78 is 0. The van der Waals surface area contributed by atoms with E-state index in [1.807, 2.05) is 36.5 Å². The third kappa shape index (κ3) is 6.47. The largest absolute Gasteiger partial charge is 0.358 e. The summed E-state index contributed by atoms with van der Waals surface area (Å²) >= 11 is 55.6.